The summed E-state index contributed by atoms with van der Waals surface area (Å²) in [6.07, 6.45) is 3.96. The fourth-order valence-corrected chi connectivity index (χ4v) is 3.53. The highest BCUT2D eigenvalue weighted by atomic mass is 16.5. The quantitative estimate of drug-likeness (QED) is 0.761. The molecule has 8 nitrogen and oxygen atoms in total. The van der Waals surface area contributed by atoms with Crippen molar-refractivity contribution in [1.29, 1.82) is 0 Å². The molecule has 1 fully saturated rings. The summed E-state index contributed by atoms with van der Waals surface area (Å²) in [5.41, 5.74) is 2.82. The second-order valence-electron chi connectivity index (χ2n) is 6.61. The van der Waals surface area contributed by atoms with Gasteiger partial charge in [0.1, 0.15) is 0 Å². The van der Waals surface area contributed by atoms with Crippen molar-refractivity contribution in [3.8, 4) is 0 Å². The molecule has 1 saturated heterocycles. The number of likely N-dealkylation sites (tertiary alicyclic amines) is 1. The SMILES string of the molecule is CNC(=O)c1cc(C)nc2onc(C3CCN(C(=O)c4ccncc4)C3)c12. The molecule has 0 aliphatic carbocycles. The zero-order valence-electron chi connectivity index (χ0n) is 15.1. The fraction of sp³-hybridized carbons (Fsp3) is 0.316. The molecule has 0 aromatic carbocycles. The van der Waals surface area contributed by atoms with E-state index in [1.165, 1.54) is 0 Å². The Labute approximate surface area is 155 Å². The Morgan fingerprint density at radius 1 is 1.30 bits per heavy atom. The number of hydrogen-bond acceptors (Lipinski definition) is 6. The number of nitrogens with zero attached hydrogens (tertiary/aromatic N) is 4. The Bertz CT molecular complexity index is 1010. The van der Waals surface area contributed by atoms with Crippen molar-refractivity contribution >= 4 is 22.9 Å². The van der Waals surface area contributed by atoms with E-state index < -0.39 is 0 Å². The monoisotopic (exact) mass is 365 g/mol. The van der Waals surface area contributed by atoms with Gasteiger partial charge in [-0.05, 0) is 31.5 Å². The van der Waals surface area contributed by atoms with Crippen LogP contribution in [-0.4, -0.2) is 52.0 Å². The smallest absolute Gasteiger partial charge is 0.259 e. The van der Waals surface area contributed by atoms with Crippen LogP contribution in [0.3, 0.4) is 0 Å². The van der Waals surface area contributed by atoms with Crippen LogP contribution in [0, 0.1) is 6.92 Å². The summed E-state index contributed by atoms with van der Waals surface area (Å²) in [6, 6.07) is 5.14. The minimum absolute atomic E-state index is 0.00931. The molecule has 138 valence electrons. The highest BCUT2D eigenvalue weighted by molar-refractivity contribution is 6.06. The van der Waals surface area contributed by atoms with Crippen LogP contribution >= 0.6 is 0 Å². The molecule has 1 unspecified atom stereocenters. The fourth-order valence-electron chi connectivity index (χ4n) is 3.53. The molecule has 1 aliphatic heterocycles. The lowest BCUT2D eigenvalue weighted by Gasteiger charge is -2.16. The zero-order valence-corrected chi connectivity index (χ0v) is 15.1. The molecule has 4 heterocycles. The number of amides is 2. The van der Waals surface area contributed by atoms with Gasteiger partial charge in [0.15, 0.2) is 0 Å². The predicted octanol–water partition coefficient (Wildman–Crippen LogP) is 1.92. The van der Waals surface area contributed by atoms with Gasteiger partial charge in [-0.15, -0.1) is 0 Å². The molecule has 3 aromatic heterocycles. The average molecular weight is 365 g/mol. The summed E-state index contributed by atoms with van der Waals surface area (Å²) in [5, 5.41) is 7.47. The first-order valence-electron chi connectivity index (χ1n) is 8.76. The third-order valence-electron chi connectivity index (χ3n) is 4.86. The van der Waals surface area contributed by atoms with Gasteiger partial charge in [-0.1, -0.05) is 5.16 Å². The molecule has 4 rings (SSSR count). The van der Waals surface area contributed by atoms with Gasteiger partial charge in [0.2, 0.25) is 0 Å². The van der Waals surface area contributed by atoms with Gasteiger partial charge in [-0.3, -0.25) is 14.6 Å². The van der Waals surface area contributed by atoms with Crippen LogP contribution in [0.4, 0.5) is 0 Å². The second kappa shape index (κ2) is 6.79. The van der Waals surface area contributed by atoms with E-state index in [0.29, 0.717) is 46.7 Å². The molecule has 2 amide bonds. The molecular formula is C19H19N5O3. The molecule has 0 saturated carbocycles. The Morgan fingerprint density at radius 3 is 2.81 bits per heavy atom. The Kier molecular flexibility index (Phi) is 4.31. The summed E-state index contributed by atoms with van der Waals surface area (Å²) in [7, 11) is 1.59. The number of hydrogen-bond donors (Lipinski definition) is 1. The van der Waals surface area contributed by atoms with Gasteiger partial charge in [-0.25, -0.2) is 4.98 Å². The Hall–Kier alpha value is -3.29. The van der Waals surface area contributed by atoms with Crippen molar-refractivity contribution in [3.63, 3.8) is 0 Å². The maximum atomic E-state index is 12.7. The summed E-state index contributed by atoms with van der Waals surface area (Å²) in [4.78, 5) is 35.1. The van der Waals surface area contributed by atoms with Gasteiger partial charge < -0.3 is 14.7 Å². The highest BCUT2D eigenvalue weighted by Gasteiger charge is 2.32. The van der Waals surface area contributed by atoms with E-state index in [2.05, 4.69) is 20.4 Å². The predicted molar refractivity (Wildman–Crippen MR) is 97.4 cm³/mol. The minimum atomic E-state index is -0.210. The molecule has 0 bridgehead atoms. The summed E-state index contributed by atoms with van der Waals surface area (Å²) in [5.74, 6) is -0.254. The molecule has 1 aliphatic rings. The lowest BCUT2D eigenvalue weighted by molar-refractivity contribution is 0.0790. The van der Waals surface area contributed by atoms with Crippen molar-refractivity contribution in [1.82, 2.24) is 25.3 Å². The minimum Gasteiger partial charge on any atom is -0.355 e. The third kappa shape index (κ3) is 3.03. The standard InChI is InChI=1S/C19H19N5O3/c1-11-9-14(17(25)20-2)15-16(23-27-18(15)22-11)13-5-8-24(10-13)19(26)12-3-6-21-7-4-12/h3-4,6-7,9,13H,5,8,10H2,1-2H3,(H,20,25). The molecule has 0 radical (unpaired) electrons. The number of aryl methyl sites for hydroxylation is 1. The van der Waals surface area contributed by atoms with Gasteiger partial charge in [0, 0.05) is 49.7 Å². The molecule has 1 atom stereocenters. The van der Waals surface area contributed by atoms with E-state index in [1.54, 1.807) is 49.5 Å². The molecule has 27 heavy (non-hydrogen) atoms. The van der Waals surface area contributed by atoms with E-state index in [4.69, 9.17) is 4.52 Å². The maximum Gasteiger partial charge on any atom is 0.259 e. The third-order valence-corrected chi connectivity index (χ3v) is 4.86. The van der Waals surface area contributed by atoms with Gasteiger partial charge >= 0.3 is 0 Å². The molecule has 0 spiro atoms. The first-order chi connectivity index (χ1) is 13.1. The van der Waals surface area contributed by atoms with Crippen LogP contribution in [0.2, 0.25) is 0 Å². The van der Waals surface area contributed by atoms with Gasteiger partial charge in [-0.2, -0.15) is 0 Å². The van der Waals surface area contributed by atoms with Gasteiger partial charge in [0.25, 0.3) is 17.5 Å². The van der Waals surface area contributed by atoms with Crippen LogP contribution in [0.15, 0.2) is 35.1 Å². The molecule has 1 N–H and O–H groups in total. The van der Waals surface area contributed by atoms with Crippen molar-refractivity contribution < 1.29 is 14.1 Å². The number of pyridine rings is 2. The van der Waals surface area contributed by atoms with E-state index in [9.17, 15) is 9.59 Å². The zero-order chi connectivity index (χ0) is 19.0. The van der Waals surface area contributed by atoms with Crippen molar-refractivity contribution in [2.24, 2.45) is 0 Å². The first-order valence-corrected chi connectivity index (χ1v) is 8.76. The van der Waals surface area contributed by atoms with E-state index in [1.807, 2.05) is 0 Å². The van der Waals surface area contributed by atoms with Crippen LogP contribution in [0.5, 0.6) is 0 Å². The lowest BCUT2D eigenvalue weighted by atomic mass is 9.99. The van der Waals surface area contributed by atoms with Gasteiger partial charge in [0.05, 0.1) is 16.6 Å². The second-order valence-corrected chi connectivity index (χ2v) is 6.61. The van der Waals surface area contributed by atoms with Crippen molar-refractivity contribution in [2.75, 3.05) is 20.1 Å². The average Bonchev–Trinajstić information content (AvgIpc) is 3.33. The van der Waals surface area contributed by atoms with Crippen LogP contribution < -0.4 is 5.32 Å². The number of nitrogens with one attached hydrogen (secondary N) is 1. The number of fused-ring (bicyclic) bond motifs is 1. The topological polar surface area (TPSA) is 101 Å². The number of aromatic nitrogens is 3. The number of carbonyl (C=O) groups excluding carboxylic acids is 2. The molecule has 8 heteroatoms. The summed E-state index contributed by atoms with van der Waals surface area (Å²) >= 11 is 0. The number of rotatable bonds is 3. The van der Waals surface area contributed by atoms with Crippen molar-refractivity contribution in [3.05, 3.63) is 53.1 Å². The van der Waals surface area contributed by atoms with E-state index in [0.717, 1.165) is 6.42 Å². The van der Waals surface area contributed by atoms with Crippen LogP contribution in [0.1, 0.15) is 44.4 Å². The maximum absolute atomic E-state index is 12.7. The normalized spacial score (nSPS) is 16.7. The lowest BCUT2D eigenvalue weighted by Crippen LogP contribution is -2.28. The Balaban J connectivity index is 1.66. The summed E-state index contributed by atoms with van der Waals surface area (Å²) in [6.45, 7) is 2.94. The van der Waals surface area contributed by atoms with Crippen LogP contribution in [0.25, 0.3) is 11.1 Å². The highest BCUT2D eigenvalue weighted by Crippen LogP contribution is 2.34. The largest absolute Gasteiger partial charge is 0.355 e. The molecule has 3 aromatic rings. The molecular weight excluding hydrogens is 346 g/mol. The Morgan fingerprint density at radius 2 is 2.07 bits per heavy atom. The first kappa shape index (κ1) is 17.1. The van der Waals surface area contributed by atoms with Crippen LogP contribution in [-0.2, 0) is 0 Å². The summed E-state index contributed by atoms with van der Waals surface area (Å²) < 4.78 is 5.41. The van der Waals surface area contributed by atoms with Crippen molar-refractivity contribution in [2.45, 2.75) is 19.3 Å². The number of carbonyl (C=O) groups is 2. The van der Waals surface area contributed by atoms with E-state index in [-0.39, 0.29) is 17.7 Å². The van der Waals surface area contributed by atoms with E-state index >= 15 is 0 Å².